The lowest BCUT2D eigenvalue weighted by atomic mass is 10.00. The molecule has 60 heavy (non-hydrogen) atoms. The molecule has 0 unspecified atom stereocenters. The standard InChI is InChI=1S/C55H36N4O/c1-4-15-37(16-5-1)38-27-29-39(30-28-38)40-31-33-44(34-32-40)59(43-21-8-3-9-22-43)45-35-49(52-48-24-12-13-26-50(48)60-51(52)36-45)55-57-53(42-18-6-2-7-19-42)56-54(58-55)47-25-14-20-41-17-10-11-23-46(41)47/h1-36H. The normalized spacial score (nSPS) is 11.3. The minimum absolute atomic E-state index is 0.562. The SMILES string of the molecule is c1ccc(-c2ccc(-c3ccc(N(c4ccccc4)c4cc(-c5nc(-c6ccccc6)nc(-c6cccc7ccccc67)n5)c5c(c4)oc4ccccc45)cc3)cc2)cc1. The van der Waals surface area contributed by atoms with Gasteiger partial charge < -0.3 is 9.32 Å². The van der Waals surface area contributed by atoms with Gasteiger partial charge in [0.05, 0.1) is 5.69 Å². The molecule has 0 bridgehead atoms. The Bertz CT molecular complexity index is 3290. The molecule has 0 saturated carbocycles. The third kappa shape index (κ3) is 6.45. The van der Waals surface area contributed by atoms with Crippen LogP contribution in [-0.4, -0.2) is 15.0 Å². The number of furan rings is 1. The summed E-state index contributed by atoms with van der Waals surface area (Å²) in [4.78, 5) is 18.0. The molecule has 0 spiro atoms. The van der Waals surface area contributed by atoms with E-state index in [1.54, 1.807) is 0 Å². The molecule has 0 fully saturated rings. The van der Waals surface area contributed by atoms with Crippen molar-refractivity contribution in [3.8, 4) is 56.4 Å². The van der Waals surface area contributed by atoms with Crippen molar-refractivity contribution >= 4 is 49.8 Å². The lowest BCUT2D eigenvalue weighted by molar-refractivity contribution is 0.669. The lowest BCUT2D eigenvalue weighted by Gasteiger charge is -2.26. The third-order valence-electron chi connectivity index (χ3n) is 11.1. The Labute approximate surface area is 347 Å². The molecule has 5 nitrogen and oxygen atoms in total. The molecule has 11 aromatic rings. The Kier molecular flexibility index (Phi) is 8.75. The summed E-state index contributed by atoms with van der Waals surface area (Å²) in [6, 6.07) is 75.7. The molecule has 282 valence electrons. The van der Waals surface area contributed by atoms with E-state index < -0.39 is 0 Å². The largest absolute Gasteiger partial charge is 0.456 e. The molecular weight excluding hydrogens is 733 g/mol. The van der Waals surface area contributed by atoms with Gasteiger partial charge in [-0.05, 0) is 69.4 Å². The van der Waals surface area contributed by atoms with E-state index in [1.807, 2.05) is 60.7 Å². The van der Waals surface area contributed by atoms with Crippen LogP contribution in [0.2, 0.25) is 0 Å². The number of hydrogen-bond acceptors (Lipinski definition) is 5. The van der Waals surface area contributed by atoms with Gasteiger partial charge in [-0.15, -0.1) is 0 Å². The second kappa shape index (κ2) is 15.0. The molecule has 0 radical (unpaired) electrons. The molecule has 0 saturated heterocycles. The first-order valence-electron chi connectivity index (χ1n) is 20.1. The molecule has 5 heteroatoms. The molecule has 9 aromatic carbocycles. The van der Waals surface area contributed by atoms with E-state index in [2.05, 4.69) is 163 Å². The van der Waals surface area contributed by atoms with Gasteiger partial charge >= 0.3 is 0 Å². The van der Waals surface area contributed by atoms with E-state index >= 15 is 0 Å². The fourth-order valence-electron chi connectivity index (χ4n) is 8.21. The Morgan fingerprint density at radius 1 is 0.317 bits per heavy atom. The topological polar surface area (TPSA) is 55.1 Å². The van der Waals surface area contributed by atoms with Gasteiger partial charge in [0.1, 0.15) is 11.2 Å². The highest BCUT2D eigenvalue weighted by Crippen LogP contribution is 2.44. The lowest BCUT2D eigenvalue weighted by Crippen LogP contribution is -2.10. The molecule has 2 heterocycles. The molecule has 0 N–H and O–H groups in total. The molecule has 0 aliphatic carbocycles. The Morgan fingerprint density at radius 2 is 0.817 bits per heavy atom. The smallest absolute Gasteiger partial charge is 0.164 e. The third-order valence-corrected chi connectivity index (χ3v) is 11.1. The van der Waals surface area contributed by atoms with Crippen molar-refractivity contribution in [2.45, 2.75) is 0 Å². The van der Waals surface area contributed by atoms with Gasteiger partial charge in [0.2, 0.25) is 0 Å². The van der Waals surface area contributed by atoms with Crippen molar-refractivity contribution in [2.24, 2.45) is 0 Å². The van der Waals surface area contributed by atoms with Crippen LogP contribution in [0.4, 0.5) is 17.1 Å². The van der Waals surface area contributed by atoms with Crippen molar-refractivity contribution in [2.75, 3.05) is 4.90 Å². The fourth-order valence-corrected chi connectivity index (χ4v) is 8.21. The Hall–Kier alpha value is -8.15. The van der Waals surface area contributed by atoms with Crippen LogP contribution in [0.5, 0.6) is 0 Å². The van der Waals surface area contributed by atoms with Crippen LogP contribution in [-0.2, 0) is 0 Å². The number of rotatable bonds is 8. The van der Waals surface area contributed by atoms with Crippen LogP contribution < -0.4 is 4.90 Å². The number of anilines is 3. The first-order valence-corrected chi connectivity index (χ1v) is 20.1. The Balaban J connectivity index is 1.10. The summed E-state index contributed by atoms with van der Waals surface area (Å²) in [5.41, 5.74) is 11.9. The summed E-state index contributed by atoms with van der Waals surface area (Å²) >= 11 is 0. The van der Waals surface area contributed by atoms with E-state index in [-0.39, 0.29) is 0 Å². The highest BCUT2D eigenvalue weighted by molar-refractivity contribution is 6.13. The summed E-state index contributed by atoms with van der Waals surface area (Å²) < 4.78 is 6.69. The second-order valence-electron chi connectivity index (χ2n) is 14.8. The molecule has 0 amide bonds. The van der Waals surface area contributed by atoms with Crippen LogP contribution in [0.3, 0.4) is 0 Å². The van der Waals surface area contributed by atoms with Gasteiger partial charge in [0.15, 0.2) is 17.5 Å². The van der Waals surface area contributed by atoms with E-state index in [1.165, 1.54) is 11.1 Å². The summed E-state index contributed by atoms with van der Waals surface area (Å²) in [6.45, 7) is 0. The number of hydrogen-bond donors (Lipinski definition) is 0. The second-order valence-corrected chi connectivity index (χ2v) is 14.8. The van der Waals surface area contributed by atoms with Crippen molar-refractivity contribution in [1.29, 1.82) is 0 Å². The molecule has 2 aromatic heterocycles. The zero-order valence-electron chi connectivity index (χ0n) is 32.5. The highest BCUT2D eigenvalue weighted by Gasteiger charge is 2.23. The molecule has 0 aliphatic rings. The summed E-state index contributed by atoms with van der Waals surface area (Å²) in [5, 5.41) is 4.15. The number of nitrogens with zero attached hydrogens (tertiary/aromatic N) is 4. The van der Waals surface area contributed by atoms with Crippen LogP contribution in [0.15, 0.2) is 223 Å². The van der Waals surface area contributed by atoms with E-state index in [0.29, 0.717) is 17.5 Å². The zero-order chi connectivity index (χ0) is 39.8. The highest BCUT2D eigenvalue weighted by atomic mass is 16.3. The van der Waals surface area contributed by atoms with Crippen LogP contribution >= 0.6 is 0 Å². The molecule has 11 rings (SSSR count). The molecule has 0 aliphatic heterocycles. The zero-order valence-corrected chi connectivity index (χ0v) is 32.5. The van der Waals surface area contributed by atoms with Gasteiger partial charge in [-0.2, -0.15) is 0 Å². The van der Waals surface area contributed by atoms with Gasteiger partial charge in [-0.3, -0.25) is 0 Å². The summed E-state index contributed by atoms with van der Waals surface area (Å²) in [5.74, 6) is 1.77. The minimum atomic E-state index is 0.562. The first-order chi connectivity index (χ1) is 29.7. The summed E-state index contributed by atoms with van der Waals surface area (Å²) in [6.07, 6.45) is 0. The van der Waals surface area contributed by atoms with Gasteiger partial charge in [0.25, 0.3) is 0 Å². The van der Waals surface area contributed by atoms with Gasteiger partial charge in [0, 0.05) is 44.9 Å². The van der Waals surface area contributed by atoms with Crippen molar-refractivity contribution in [3.63, 3.8) is 0 Å². The molecule has 0 atom stereocenters. The average Bonchev–Trinajstić information content (AvgIpc) is 3.71. The predicted molar refractivity (Wildman–Crippen MR) is 246 cm³/mol. The minimum Gasteiger partial charge on any atom is -0.456 e. The number of benzene rings is 9. The number of fused-ring (bicyclic) bond motifs is 4. The van der Waals surface area contributed by atoms with Crippen molar-refractivity contribution in [3.05, 3.63) is 218 Å². The fraction of sp³-hybridized carbons (Fsp3) is 0. The maximum Gasteiger partial charge on any atom is 0.164 e. The maximum absolute atomic E-state index is 6.69. The van der Waals surface area contributed by atoms with Crippen LogP contribution in [0, 0.1) is 0 Å². The van der Waals surface area contributed by atoms with Gasteiger partial charge in [-0.25, -0.2) is 15.0 Å². The predicted octanol–water partition coefficient (Wildman–Crippen LogP) is 14.7. The van der Waals surface area contributed by atoms with E-state index in [9.17, 15) is 0 Å². The summed E-state index contributed by atoms with van der Waals surface area (Å²) in [7, 11) is 0. The van der Waals surface area contributed by atoms with Crippen LogP contribution in [0.1, 0.15) is 0 Å². The monoisotopic (exact) mass is 768 g/mol. The molecular formula is C55H36N4O. The number of para-hydroxylation sites is 2. The average molecular weight is 769 g/mol. The maximum atomic E-state index is 6.69. The van der Waals surface area contributed by atoms with E-state index in [0.717, 1.165) is 77.6 Å². The quantitative estimate of drug-likeness (QED) is 0.154. The van der Waals surface area contributed by atoms with Crippen LogP contribution in [0.25, 0.3) is 89.1 Å². The van der Waals surface area contributed by atoms with Crippen molar-refractivity contribution < 1.29 is 4.42 Å². The first kappa shape index (κ1) is 35.0. The van der Waals surface area contributed by atoms with Crippen molar-refractivity contribution in [1.82, 2.24) is 15.0 Å². The van der Waals surface area contributed by atoms with E-state index in [4.69, 9.17) is 19.4 Å². The Morgan fingerprint density at radius 3 is 1.52 bits per heavy atom. The number of aromatic nitrogens is 3. The van der Waals surface area contributed by atoms with Gasteiger partial charge in [-0.1, -0.05) is 176 Å².